The number of thioether (sulfide) groups is 1. The number of halogens is 2. The first-order valence-electron chi connectivity index (χ1n) is 4.99. The van der Waals surface area contributed by atoms with E-state index in [1.807, 2.05) is 25.1 Å². The molecule has 3 nitrogen and oxygen atoms in total. The van der Waals surface area contributed by atoms with Crippen LogP contribution in [0.4, 0.5) is 0 Å². The molecule has 0 saturated heterocycles. The largest absolute Gasteiger partial charge is 0.354 e. The summed E-state index contributed by atoms with van der Waals surface area (Å²) in [4.78, 5) is 12.5. The zero-order valence-electron chi connectivity index (χ0n) is 9.53. The highest BCUT2D eigenvalue weighted by Crippen LogP contribution is 2.24. The minimum atomic E-state index is 0. The number of benzene rings is 1. The van der Waals surface area contributed by atoms with Crippen LogP contribution in [0, 0.1) is 6.92 Å². The predicted octanol–water partition coefficient (Wildman–Crippen LogP) is 2.35. The Morgan fingerprint density at radius 1 is 1.53 bits per heavy atom. The van der Waals surface area contributed by atoms with E-state index in [1.165, 1.54) is 5.56 Å². The summed E-state index contributed by atoms with van der Waals surface area (Å²) in [6.45, 7) is 3.05. The molecule has 1 rings (SSSR count). The smallest absolute Gasteiger partial charge is 0.230 e. The number of rotatable bonds is 5. The summed E-state index contributed by atoms with van der Waals surface area (Å²) < 4.78 is 1.06. The van der Waals surface area contributed by atoms with E-state index >= 15 is 0 Å². The predicted molar refractivity (Wildman–Crippen MR) is 78.9 cm³/mol. The Morgan fingerprint density at radius 2 is 2.24 bits per heavy atom. The van der Waals surface area contributed by atoms with Crippen molar-refractivity contribution in [3.8, 4) is 0 Å². The summed E-state index contributed by atoms with van der Waals surface area (Å²) in [5, 5.41) is 2.74. The average molecular weight is 340 g/mol. The highest BCUT2D eigenvalue weighted by Gasteiger charge is 2.04. The molecule has 0 unspecified atom stereocenters. The number of hydrogen-bond acceptors (Lipinski definition) is 3. The lowest BCUT2D eigenvalue weighted by Gasteiger charge is -2.06. The van der Waals surface area contributed by atoms with Crippen LogP contribution in [0.1, 0.15) is 5.56 Å². The molecule has 6 heteroatoms. The van der Waals surface area contributed by atoms with Gasteiger partial charge in [0.25, 0.3) is 0 Å². The molecule has 0 aliphatic heterocycles. The van der Waals surface area contributed by atoms with Crippen molar-refractivity contribution in [3.05, 3.63) is 28.2 Å². The molecule has 1 aromatic rings. The van der Waals surface area contributed by atoms with Gasteiger partial charge in [-0.3, -0.25) is 4.79 Å². The van der Waals surface area contributed by atoms with Gasteiger partial charge in [-0.05, 0) is 30.7 Å². The van der Waals surface area contributed by atoms with Crippen molar-refractivity contribution in [1.82, 2.24) is 5.32 Å². The second kappa shape index (κ2) is 8.80. The van der Waals surface area contributed by atoms with Crippen molar-refractivity contribution in [1.29, 1.82) is 0 Å². The van der Waals surface area contributed by atoms with E-state index in [9.17, 15) is 4.79 Å². The molecule has 0 aromatic heterocycles. The first-order chi connectivity index (χ1) is 7.63. The molecule has 0 saturated carbocycles. The van der Waals surface area contributed by atoms with Crippen LogP contribution in [0.2, 0.25) is 0 Å². The van der Waals surface area contributed by atoms with Crippen LogP contribution in [0.3, 0.4) is 0 Å². The molecule has 0 aliphatic rings. The minimum Gasteiger partial charge on any atom is -0.354 e. The van der Waals surface area contributed by atoms with Crippen molar-refractivity contribution < 1.29 is 4.79 Å². The quantitative estimate of drug-likeness (QED) is 0.810. The lowest BCUT2D eigenvalue weighted by Crippen LogP contribution is -2.30. The van der Waals surface area contributed by atoms with Gasteiger partial charge < -0.3 is 11.1 Å². The lowest BCUT2D eigenvalue weighted by atomic mass is 10.2. The molecule has 0 heterocycles. The summed E-state index contributed by atoms with van der Waals surface area (Å²) >= 11 is 4.95. The summed E-state index contributed by atoms with van der Waals surface area (Å²) in [5.41, 5.74) is 6.47. The molecule has 1 amide bonds. The molecule has 0 atom stereocenters. The maximum atomic E-state index is 11.4. The van der Waals surface area contributed by atoms with E-state index in [0.717, 1.165) is 9.37 Å². The number of aryl methyl sites for hydroxylation is 1. The first-order valence-corrected chi connectivity index (χ1v) is 6.77. The van der Waals surface area contributed by atoms with Gasteiger partial charge >= 0.3 is 0 Å². The SMILES string of the molecule is Cc1cc(Br)ccc1SCC(=O)NCCN.Cl. The van der Waals surface area contributed by atoms with Crippen LogP contribution in [0.15, 0.2) is 27.6 Å². The van der Waals surface area contributed by atoms with Crippen LogP contribution < -0.4 is 11.1 Å². The molecular weight excluding hydrogens is 324 g/mol. The summed E-state index contributed by atoms with van der Waals surface area (Å²) in [7, 11) is 0. The van der Waals surface area contributed by atoms with Crippen LogP contribution >= 0.6 is 40.1 Å². The first kappa shape index (κ1) is 16.8. The Kier molecular flexibility index (Phi) is 8.68. The summed E-state index contributed by atoms with van der Waals surface area (Å²) in [6.07, 6.45) is 0. The van der Waals surface area contributed by atoms with Crippen LogP contribution in [-0.4, -0.2) is 24.7 Å². The minimum absolute atomic E-state index is 0. The molecule has 96 valence electrons. The van der Waals surface area contributed by atoms with Gasteiger partial charge in [0.1, 0.15) is 0 Å². The van der Waals surface area contributed by atoms with Gasteiger partial charge in [0.15, 0.2) is 0 Å². The zero-order valence-corrected chi connectivity index (χ0v) is 12.8. The third kappa shape index (κ3) is 6.31. The van der Waals surface area contributed by atoms with Crippen molar-refractivity contribution in [2.45, 2.75) is 11.8 Å². The third-order valence-corrected chi connectivity index (χ3v) is 3.63. The van der Waals surface area contributed by atoms with Crippen molar-refractivity contribution in [3.63, 3.8) is 0 Å². The second-order valence-electron chi connectivity index (χ2n) is 3.34. The fourth-order valence-electron chi connectivity index (χ4n) is 1.18. The Balaban J connectivity index is 0.00000256. The van der Waals surface area contributed by atoms with Gasteiger partial charge in [-0.1, -0.05) is 15.9 Å². The normalized spacial score (nSPS) is 9.59. The molecule has 0 bridgehead atoms. The number of amides is 1. The number of nitrogens with two attached hydrogens (primary N) is 1. The number of nitrogens with one attached hydrogen (secondary N) is 1. The van der Waals surface area contributed by atoms with E-state index in [2.05, 4.69) is 21.2 Å². The standard InChI is InChI=1S/C11H15BrN2OS.ClH/c1-8-6-9(12)2-3-10(8)16-7-11(15)14-5-4-13;/h2-3,6H,4-5,7,13H2,1H3,(H,14,15);1H. The van der Waals surface area contributed by atoms with E-state index in [-0.39, 0.29) is 18.3 Å². The van der Waals surface area contributed by atoms with E-state index in [1.54, 1.807) is 11.8 Å². The number of carbonyl (C=O) groups excluding carboxylic acids is 1. The zero-order chi connectivity index (χ0) is 12.0. The maximum Gasteiger partial charge on any atom is 0.230 e. The topological polar surface area (TPSA) is 55.1 Å². The third-order valence-electron chi connectivity index (χ3n) is 1.96. The molecular formula is C11H16BrClN2OS. The van der Waals surface area contributed by atoms with Gasteiger partial charge in [-0.2, -0.15) is 0 Å². The molecule has 1 aromatic carbocycles. The summed E-state index contributed by atoms with van der Waals surface area (Å²) in [6, 6.07) is 6.04. The highest BCUT2D eigenvalue weighted by molar-refractivity contribution is 9.10. The lowest BCUT2D eigenvalue weighted by molar-refractivity contribution is -0.118. The number of carbonyl (C=O) groups is 1. The van der Waals surface area contributed by atoms with Gasteiger partial charge in [0.05, 0.1) is 5.75 Å². The fourth-order valence-corrected chi connectivity index (χ4v) is 2.50. The van der Waals surface area contributed by atoms with Gasteiger partial charge in [-0.25, -0.2) is 0 Å². The molecule has 0 aliphatic carbocycles. The van der Waals surface area contributed by atoms with Gasteiger partial charge in [-0.15, -0.1) is 24.2 Å². The Hall–Kier alpha value is -0.230. The van der Waals surface area contributed by atoms with Gasteiger partial charge in [0, 0.05) is 22.5 Å². The van der Waals surface area contributed by atoms with Crippen molar-refractivity contribution in [2.24, 2.45) is 5.73 Å². The van der Waals surface area contributed by atoms with E-state index in [4.69, 9.17) is 5.73 Å². The molecule has 3 N–H and O–H groups in total. The second-order valence-corrected chi connectivity index (χ2v) is 5.27. The Bertz CT molecular complexity index is 376. The molecule has 0 radical (unpaired) electrons. The van der Waals surface area contributed by atoms with Gasteiger partial charge in [0.2, 0.25) is 5.91 Å². The molecule has 17 heavy (non-hydrogen) atoms. The molecule has 0 fully saturated rings. The number of hydrogen-bond donors (Lipinski definition) is 2. The maximum absolute atomic E-state index is 11.4. The van der Waals surface area contributed by atoms with Crippen LogP contribution in [0.25, 0.3) is 0 Å². The molecule has 0 spiro atoms. The Morgan fingerprint density at radius 3 is 2.82 bits per heavy atom. The van der Waals surface area contributed by atoms with E-state index < -0.39 is 0 Å². The Labute approximate surface area is 120 Å². The van der Waals surface area contributed by atoms with Crippen LogP contribution in [0.5, 0.6) is 0 Å². The van der Waals surface area contributed by atoms with Crippen LogP contribution in [-0.2, 0) is 4.79 Å². The average Bonchev–Trinajstić information content (AvgIpc) is 2.25. The monoisotopic (exact) mass is 338 g/mol. The van der Waals surface area contributed by atoms with Crippen molar-refractivity contribution >= 4 is 46.0 Å². The fraction of sp³-hybridized carbons (Fsp3) is 0.364. The highest BCUT2D eigenvalue weighted by atomic mass is 79.9. The van der Waals surface area contributed by atoms with Crippen molar-refractivity contribution in [2.75, 3.05) is 18.8 Å². The van der Waals surface area contributed by atoms with E-state index in [0.29, 0.717) is 18.8 Å². The summed E-state index contributed by atoms with van der Waals surface area (Å²) in [5.74, 6) is 0.459.